The molecule has 0 bridgehead atoms. The van der Waals surface area contributed by atoms with Gasteiger partial charge in [-0.15, -0.1) is 0 Å². The lowest BCUT2D eigenvalue weighted by atomic mass is 9.93. The van der Waals surface area contributed by atoms with Gasteiger partial charge in [0.25, 0.3) is 0 Å². The molecule has 4 aromatic rings. The molecule has 1 unspecified atom stereocenters. The van der Waals surface area contributed by atoms with E-state index in [-0.39, 0.29) is 18.7 Å². The van der Waals surface area contributed by atoms with Crippen molar-refractivity contribution >= 4 is 28.6 Å². The zero-order valence-electron chi connectivity index (χ0n) is 24.3. The van der Waals surface area contributed by atoms with Crippen LogP contribution in [0.3, 0.4) is 0 Å². The lowest BCUT2D eigenvalue weighted by molar-refractivity contribution is -0.0592. The van der Waals surface area contributed by atoms with Crippen LogP contribution in [0.15, 0.2) is 41.1 Å². The normalized spacial score (nSPS) is 19.4. The molecule has 7 rings (SSSR count). The van der Waals surface area contributed by atoms with E-state index >= 15 is 0 Å². The number of imidazole rings is 1. The topological polar surface area (TPSA) is 105 Å². The largest absolute Gasteiger partial charge is 0.467 e. The first-order chi connectivity index (χ1) is 21.0. The standard InChI is InChI=1S/C32H36ClN5O5/c1-40-32(39)22-4-5-27-28(14-22)38(17-24-8-11-41-24)29(36-27)18-37-9-6-20(7-10-37)12-25-16-34-30(43-25)19-42-31-26(33)13-23(15-35-31)21-2-3-21/h4-5,13-16,20-21,24H,2-3,6-12,17-19H2,1H3. The lowest BCUT2D eigenvalue weighted by Gasteiger charge is -2.32. The van der Waals surface area contributed by atoms with Gasteiger partial charge in [0.15, 0.2) is 6.61 Å². The Kier molecular flexibility index (Phi) is 8.07. The van der Waals surface area contributed by atoms with Crippen LogP contribution in [0.1, 0.15) is 71.4 Å². The van der Waals surface area contributed by atoms with Crippen LogP contribution in [0.25, 0.3) is 11.0 Å². The molecule has 0 radical (unpaired) electrons. The van der Waals surface area contributed by atoms with Crippen molar-refractivity contribution in [2.24, 2.45) is 5.92 Å². The molecular weight excluding hydrogens is 570 g/mol. The maximum Gasteiger partial charge on any atom is 0.337 e. The predicted octanol–water partition coefficient (Wildman–Crippen LogP) is 5.56. The average molecular weight is 606 g/mol. The van der Waals surface area contributed by atoms with E-state index in [1.165, 1.54) is 25.5 Å². The number of pyridine rings is 1. The zero-order valence-corrected chi connectivity index (χ0v) is 25.1. The summed E-state index contributed by atoms with van der Waals surface area (Å²) in [7, 11) is 1.40. The van der Waals surface area contributed by atoms with Gasteiger partial charge in [0.1, 0.15) is 16.6 Å². The van der Waals surface area contributed by atoms with Gasteiger partial charge in [0, 0.05) is 19.2 Å². The van der Waals surface area contributed by atoms with Crippen LogP contribution in [-0.2, 0) is 35.6 Å². The van der Waals surface area contributed by atoms with Gasteiger partial charge in [-0.1, -0.05) is 11.6 Å². The van der Waals surface area contributed by atoms with E-state index in [2.05, 4.69) is 19.4 Å². The third-order valence-electron chi connectivity index (χ3n) is 8.80. The highest BCUT2D eigenvalue weighted by molar-refractivity contribution is 6.31. The van der Waals surface area contributed by atoms with Crippen molar-refractivity contribution in [1.29, 1.82) is 0 Å². The maximum atomic E-state index is 12.2. The summed E-state index contributed by atoms with van der Waals surface area (Å²) < 4.78 is 24.7. The number of aromatic nitrogens is 4. The number of halogens is 1. The van der Waals surface area contributed by atoms with E-state index in [4.69, 9.17) is 35.2 Å². The van der Waals surface area contributed by atoms with E-state index in [0.717, 1.165) is 81.1 Å². The number of rotatable bonds is 11. The van der Waals surface area contributed by atoms with E-state index < -0.39 is 0 Å². The molecule has 1 atom stereocenters. The van der Waals surface area contributed by atoms with Crippen molar-refractivity contribution < 1.29 is 23.4 Å². The van der Waals surface area contributed by atoms with E-state index in [0.29, 0.717) is 34.2 Å². The molecule has 0 spiro atoms. The Morgan fingerprint density at radius 3 is 2.65 bits per heavy atom. The summed E-state index contributed by atoms with van der Waals surface area (Å²) in [5.74, 6) is 3.60. The maximum absolute atomic E-state index is 12.2. The number of hydrogen-bond acceptors (Lipinski definition) is 9. The number of ether oxygens (including phenoxy) is 3. The van der Waals surface area contributed by atoms with Gasteiger partial charge in [-0.3, -0.25) is 4.90 Å². The molecule has 3 fully saturated rings. The quantitative estimate of drug-likeness (QED) is 0.203. The Labute approximate surface area is 255 Å². The highest BCUT2D eigenvalue weighted by Gasteiger charge is 2.27. The first-order valence-electron chi connectivity index (χ1n) is 15.2. The second-order valence-electron chi connectivity index (χ2n) is 11.9. The number of fused-ring (bicyclic) bond motifs is 1. The number of esters is 1. The van der Waals surface area contributed by atoms with Crippen molar-refractivity contribution in [3.63, 3.8) is 0 Å². The minimum Gasteiger partial charge on any atom is -0.467 e. The third-order valence-corrected chi connectivity index (χ3v) is 9.07. The Hall–Kier alpha value is -3.47. The minimum absolute atomic E-state index is 0.182. The molecule has 3 aromatic heterocycles. The summed E-state index contributed by atoms with van der Waals surface area (Å²) in [5, 5.41) is 0.529. The Bertz CT molecular complexity index is 1600. The lowest BCUT2D eigenvalue weighted by Crippen LogP contribution is -2.36. The van der Waals surface area contributed by atoms with E-state index in [1.54, 1.807) is 6.07 Å². The van der Waals surface area contributed by atoms with Crippen LogP contribution in [0.4, 0.5) is 0 Å². The SMILES string of the molecule is COC(=O)c1ccc2nc(CN3CCC(Cc4cnc(COc5ncc(C6CC6)cc5Cl)o4)CC3)n(CC3CCO3)c2c1. The van der Waals surface area contributed by atoms with Crippen molar-refractivity contribution in [3.8, 4) is 5.88 Å². The Morgan fingerprint density at radius 2 is 1.93 bits per heavy atom. The van der Waals surface area contributed by atoms with Gasteiger partial charge in [0.05, 0.1) is 49.1 Å². The fourth-order valence-corrected chi connectivity index (χ4v) is 6.26. The number of likely N-dealkylation sites (tertiary alicyclic amines) is 1. The number of nitrogens with zero attached hydrogens (tertiary/aromatic N) is 5. The molecule has 0 amide bonds. The van der Waals surface area contributed by atoms with Crippen molar-refractivity contribution in [2.45, 2.75) is 70.2 Å². The molecule has 11 heteroatoms. The van der Waals surface area contributed by atoms with Crippen LogP contribution in [-0.4, -0.2) is 63.3 Å². The van der Waals surface area contributed by atoms with Crippen molar-refractivity contribution in [2.75, 3.05) is 26.8 Å². The summed E-state index contributed by atoms with van der Waals surface area (Å²) in [6.07, 6.45) is 10.3. The molecule has 5 heterocycles. The molecule has 0 N–H and O–H groups in total. The van der Waals surface area contributed by atoms with Gasteiger partial charge >= 0.3 is 5.97 Å². The number of carbonyl (C=O) groups is 1. The highest BCUT2D eigenvalue weighted by atomic mass is 35.5. The molecule has 43 heavy (non-hydrogen) atoms. The number of benzene rings is 1. The first kappa shape index (κ1) is 28.3. The van der Waals surface area contributed by atoms with Crippen LogP contribution in [0.2, 0.25) is 5.02 Å². The Morgan fingerprint density at radius 1 is 1.09 bits per heavy atom. The monoisotopic (exact) mass is 605 g/mol. The second-order valence-corrected chi connectivity index (χ2v) is 12.3. The van der Waals surface area contributed by atoms with Gasteiger partial charge in [0.2, 0.25) is 11.8 Å². The summed E-state index contributed by atoms with van der Waals surface area (Å²) in [4.78, 5) is 28.4. The summed E-state index contributed by atoms with van der Waals surface area (Å²) >= 11 is 6.38. The van der Waals surface area contributed by atoms with Crippen LogP contribution >= 0.6 is 11.6 Å². The van der Waals surface area contributed by atoms with E-state index in [9.17, 15) is 4.79 Å². The smallest absolute Gasteiger partial charge is 0.337 e. The van der Waals surface area contributed by atoms with Crippen LogP contribution in [0, 0.1) is 5.92 Å². The van der Waals surface area contributed by atoms with Crippen LogP contribution < -0.4 is 4.74 Å². The first-order valence-corrected chi connectivity index (χ1v) is 15.5. The number of oxazole rings is 1. The number of hydrogen-bond donors (Lipinski definition) is 0. The van der Waals surface area contributed by atoms with E-state index in [1.807, 2.05) is 30.6 Å². The summed E-state index contributed by atoms with van der Waals surface area (Å²) in [6, 6.07) is 7.52. The van der Waals surface area contributed by atoms with Crippen molar-refractivity contribution in [3.05, 3.63) is 70.3 Å². The predicted molar refractivity (Wildman–Crippen MR) is 159 cm³/mol. The molecule has 1 saturated carbocycles. The third kappa shape index (κ3) is 6.41. The second kappa shape index (κ2) is 12.3. The van der Waals surface area contributed by atoms with Gasteiger partial charge in [-0.2, -0.15) is 0 Å². The van der Waals surface area contributed by atoms with Gasteiger partial charge in [-0.05, 0) is 86.9 Å². The number of methoxy groups -OCH3 is 1. The number of piperidine rings is 1. The fourth-order valence-electron chi connectivity index (χ4n) is 6.03. The molecule has 1 aliphatic carbocycles. The molecule has 10 nitrogen and oxygen atoms in total. The molecule has 3 aliphatic rings. The molecule has 2 saturated heterocycles. The molecule has 1 aromatic carbocycles. The minimum atomic E-state index is -0.343. The van der Waals surface area contributed by atoms with Crippen molar-refractivity contribution in [1.82, 2.24) is 24.4 Å². The summed E-state index contributed by atoms with van der Waals surface area (Å²) in [5.41, 5.74) is 3.54. The zero-order chi connectivity index (χ0) is 29.3. The van der Waals surface area contributed by atoms with Crippen LogP contribution in [0.5, 0.6) is 5.88 Å². The number of carbonyl (C=O) groups excluding carboxylic acids is 1. The summed E-state index contributed by atoms with van der Waals surface area (Å²) in [6.45, 7) is 4.44. The van der Waals surface area contributed by atoms with Gasteiger partial charge in [-0.25, -0.2) is 19.7 Å². The molecule has 2 aliphatic heterocycles. The molecular formula is C32H36ClN5O5. The highest BCUT2D eigenvalue weighted by Crippen LogP contribution is 2.41. The van der Waals surface area contributed by atoms with Gasteiger partial charge < -0.3 is 23.2 Å². The Balaban J connectivity index is 0.938. The fraction of sp³-hybridized carbons (Fsp3) is 0.500. The molecule has 226 valence electrons. The average Bonchev–Trinajstić information content (AvgIpc) is 3.67.